The van der Waals surface area contributed by atoms with Crippen molar-refractivity contribution in [2.24, 2.45) is 0 Å². The summed E-state index contributed by atoms with van der Waals surface area (Å²) in [5.74, 6) is 0. The van der Waals surface area contributed by atoms with Crippen molar-refractivity contribution < 1.29 is 4.39 Å². The van der Waals surface area contributed by atoms with Gasteiger partial charge in [0.1, 0.15) is 22.7 Å². The maximum atomic E-state index is 13.3. The first-order valence-electron chi connectivity index (χ1n) is 3.28. The van der Waals surface area contributed by atoms with Crippen LogP contribution in [-0.2, 0) is 5.67 Å². The minimum absolute atomic E-state index is 0.0756. The minimum Gasteiger partial charge on any atom is -0.238 e. The zero-order valence-electron chi connectivity index (χ0n) is 6.61. The van der Waals surface area contributed by atoms with Gasteiger partial charge in [-0.2, -0.15) is 0 Å². The van der Waals surface area contributed by atoms with Crippen LogP contribution in [0.2, 0.25) is 10.2 Å². The van der Waals surface area contributed by atoms with Crippen LogP contribution >= 0.6 is 23.2 Å². The Morgan fingerprint density at radius 1 is 1.33 bits per heavy atom. The molecular weight excluding hydrogens is 202 g/mol. The monoisotopic (exact) mass is 208 g/mol. The van der Waals surface area contributed by atoms with Crippen molar-refractivity contribution in [2.45, 2.75) is 19.5 Å². The molecule has 0 aliphatic carbocycles. The molecule has 0 atom stereocenters. The van der Waals surface area contributed by atoms with E-state index in [2.05, 4.69) is 9.97 Å². The van der Waals surface area contributed by atoms with Gasteiger partial charge < -0.3 is 0 Å². The Balaban J connectivity index is 3.26. The summed E-state index contributed by atoms with van der Waals surface area (Å²) >= 11 is 11.3. The molecule has 0 fully saturated rings. The molecule has 0 radical (unpaired) electrons. The van der Waals surface area contributed by atoms with Gasteiger partial charge in [0.25, 0.3) is 0 Å². The molecule has 5 heteroatoms. The van der Waals surface area contributed by atoms with Crippen LogP contribution in [0.4, 0.5) is 4.39 Å². The Hall–Kier alpha value is -0.410. The summed E-state index contributed by atoms with van der Waals surface area (Å²) in [7, 11) is 0. The molecule has 12 heavy (non-hydrogen) atoms. The first kappa shape index (κ1) is 9.68. The third-order valence-electron chi connectivity index (χ3n) is 1.31. The third kappa shape index (κ3) is 1.84. The number of hydrogen-bond acceptors (Lipinski definition) is 2. The van der Waals surface area contributed by atoms with Crippen molar-refractivity contribution in [3.05, 3.63) is 22.2 Å². The number of aromatic nitrogens is 2. The van der Waals surface area contributed by atoms with E-state index in [4.69, 9.17) is 23.2 Å². The predicted octanol–water partition coefficient (Wildman–Crippen LogP) is 2.99. The zero-order valence-corrected chi connectivity index (χ0v) is 8.12. The van der Waals surface area contributed by atoms with E-state index in [1.165, 1.54) is 20.2 Å². The van der Waals surface area contributed by atoms with Crippen LogP contribution in [0.3, 0.4) is 0 Å². The third-order valence-corrected chi connectivity index (χ3v) is 2.05. The number of nitrogens with zero attached hydrogens (tertiary/aromatic N) is 2. The average Bonchev–Trinajstić information content (AvgIpc) is 1.92. The fourth-order valence-corrected chi connectivity index (χ4v) is 1.22. The summed E-state index contributed by atoms with van der Waals surface area (Å²) in [6, 6.07) is 0. The average molecular weight is 209 g/mol. The Morgan fingerprint density at radius 3 is 2.33 bits per heavy atom. The molecule has 1 aromatic heterocycles. The van der Waals surface area contributed by atoms with E-state index in [9.17, 15) is 4.39 Å². The fraction of sp³-hybridized carbons (Fsp3) is 0.429. The Morgan fingerprint density at radius 2 is 1.92 bits per heavy atom. The zero-order chi connectivity index (χ0) is 9.35. The molecule has 0 spiro atoms. The van der Waals surface area contributed by atoms with E-state index in [0.29, 0.717) is 0 Å². The fourth-order valence-electron chi connectivity index (χ4n) is 0.763. The van der Waals surface area contributed by atoms with E-state index in [-0.39, 0.29) is 15.9 Å². The minimum atomic E-state index is -1.59. The Labute approximate surface area is 79.7 Å². The molecule has 66 valence electrons. The van der Waals surface area contributed by atoms with Crippen molar-refractivity contribution in [3.63, 3.8) is 0 Å². The molecule has 0 aromatic carbocycles. The molecule has 0 amide bonds. The van der Waals surface area contributed by atoms with Crippen LogP contribution in [0.15, 0.2) is 6.33 Å². The van der Waals surface area contributed by atoms with Crippen molar-refractivity contribution in [2.75, 3.05) is 0 Å². The normalized spacial score (nSPS) is 11.8. The van der Waals surface area contributed by atoms with Gasteiger partial charge in [-0.3, -0.25) is 0 Å². The molecule has 0 saturated heterocycles. The second kappa shape index (κ2) is 3.15. The van der Waals surface area contributed by atoms with Gasteiger partial charge in [-0.25, -0.2) is 14.4 Å². The van der Waals surface area contributed by atoms with Gasteiger partial charge in [-0.05, 0) is 13.8 Å². The molecule has 0 bridgehead atoms. The number of hydrogen-bond donors (Lipinski definition) is 0. The topological polar surface area (TPSA) is 25.8 Å². The van der Waals surface area contributed by atoms with E-state index in [1.54, 1.807) is 0 Å². The lowest BCUT2D eigenvalue weighted by Gasteiger charge is -2.14. The van der Waals surface area contributed by atoms with Gasteiger partial charge in [0.05, 0.1) is 0 Å². The molecule has 0 aliphatic rings. The molecule has 0 aliphatic heterocycles. The highest BCUT2D eigenvalue weighted by Crippen LogP contribution is 2.31. The largest absolute Gasteiger partial charge is 0.238 e. The SMILES string of the molecule is CC(C)(F)c1ncnc(Cl)c1Cl. The number of alkyl halides is 1. The maximum Gasteiger partial charge on any atom is 0.151 e. The second-order valence-corrected chi connectivity index (χ2v) is 3.54. The predicted molar refractivity (Wildman–Crippen MR) is 46.2 cm³/mol. The second-order valence-electron chi connectivity index (χ2n) is 2.80. The molecule has 1 heterocycles. The highest BCUT2D eigenvalue weighted by Gasteiger charge is 2.25. The van der Waals surface area contributed by atoms with Crippen LogP contribution in [0.25, 0.3) is 0 Å². The molecule has 1 aromatic rings. The van der Waals surface area contributed by atoms with E-state index in [0.717, 1.165) is 0 Å². The first-order valence-corrected chi connectivity index (χ1v) is 4.04. The highest BCUT2D eigenvalue weighted by molar-refractivity contribution is 6.41. The van der Waals surface area contributed by atoms with Crippen molar-refractivity contribution in [1.29, 1.82) is 0 Å². The summed E-state index contributed by atoms with van der Waals surface area (Å²) in [4.78, 5) is 7.32. The van der Waals surface area contributed by atoms with Gasteiger partial charge in [-0.1, -0.05) is 23.2 Å². The van der Waals surface area contributed by atoms with Gasteiger partial charge in [0, 0.05) is 0 Å². The molecule has 0 saturated carbocycles. The molecule has 0 unspecified atom stereocenters. The van der Waals surface area contributed by atoms with E-state index >= 15 is 0 Å². The van der Waals surface area contributed by atoms with Crippen molar-refractivity contribution in [1.82, 2.24) is 9.97 Å². The summed E-state index contributed by atoms with van der Waals surface area (Å²) < 4.78 is 13.3. The molecule has 0 N–H and O–H groups in total. The summed E-state index contributed by atoms with van der Waals surface area (Å²) in [6.45, 7) is 2.72. The number of halogens is 3. The van der Waals surface area contributed by atoms with Crippen LogP contribution in [0.1, 0.15) is 19.5 Å². The van der Waals surface area contributed by atoms with Crippen LogP contribution in [0, 0.1) is 0 Å². The van der Waals surface area contributed by atoms with Gasteiger partial charge >= 0.3 is 0 Å². The Bertz CT molecular complexity index is 296. The van der Waals surface area contributed by atoms with E-state index < -0.39 is 5.67 Å². The lowest BCUT2D eigenvalue weighted by molar-refractivity contribution is 0.214. The van der Waals surface area contributed by atoms with Crippen molar-refractivity contribution >= 4 is 23.2 Å². The van der Waals surface area contributed by atoms with Gasteiger partial charge in [0.15, 0.2) is 5.15 Å². The molecule has 1 rings (SSSR count). The lowest BCUT2D eigenvalue weighted by atomic mass is 10.1. The number of rotatable bonds is 1. The smallest absolute Gasteiger partial charge is 0.151 e. The van der Waals surface area contributed by atoms with Crippen LogP contribution < -0.4 is 0 Å². The molecule has 2 nitrogen and oxygen atoms in total. The van der Waals surface area contributed by atoms with Crippen LogP contribution in [-0.4, -0.2) is 9.97 Å². The molecular formula is C7H7Cl2FN2. The van der Waals surface area contributed by atoms with Gasteiger partial charge in [-0.15, -0.1) is 0 Å². The lowest BCUT2D eigenvalue weighted by Crippen LogP contribution is -2.12. The first-order chi connectivity index (χ1) is 5.43. The maximum absolute atomic E-state index is 13.3. The van der Waals surface area contributed by atoms with Crippen LogP contribution in [0.5, 0.6) is 0 Å². The summed E-state index contributed by atoms with van der Waals surface area (Å²) in [5.41, 5.74) is -1.48. The van der Waals surface area contributed by atoms with Crippen molar-refractivity contribution in [3.8, 4) is 0 Å². The standard InChI is InChI=1S/C7H7Cl2FN2/c1-7(2,10)5-4(8)6(9)12-3-11-5/h3H,1-2H3. The quantitative estimate of drug-likeness (QED) is 0.664. The van der Waals surface area contributed by atoms with E-state index in [1.807, 2.05) is 0 Å². The highest BCUT2D eigenvalue weighted by atomic mass is 35.5. The Kier molecular flexibility index (Phi) is 2.54. The summed E-state index contributed by atoms with van der Waals surface area (Å²) in [6.07, 6.45) is 1.19. The van der Waals surface area contributed by atoms with Gasteiger partial charge in [0.2, 0.25) is 0 Å². The summed E-state index contributed by atoms with van der Waals surface area (Å²) in [5, 5.41) is 0.152.